The highest BCUT2D eigenvalue weighted by molar-refractivity contribution is 7.08. The Morgan fingerprint density at radius 3 is 2.58 bits per heavy atom. The second-order valence-corrected chi connectivity index (χ2v) is 8.18. The van der Waals surface area contributed by atoms with Gasteiger partial charge in [0.1, 0.15) is 0 Å². The van der Waals surface area contributed by atoms with E-state index in [1.165, 1.54) is 5.56 Å². The fourth-order valence-corrected chi connectivity index (χ4v) is 4.29. The van der Waals surface area contributed by atoms with Gasteiger partial charge in [0.25, 0.3) is 5.91 Å². The summed E-state index contributed by atoms with van der Waals surface area (Å²) in [6.45, 7) is 7.92. The molecule has 1 aliphatic heterocycles. The quantitative estimate of drug-likeness (QED) is 0.843. The monoisotopic (exact) mass is 372 g/mol. The Morgan fingerprint density at radius 2 is 1.96 bits per heavy atom. The highest BCUT2D eigenvalue weighted by Crippen LogP contribution is 2.23. The van der Waals surface area contributed by atoms with E-state index >= 15 is 0 Å². The lowest BCUT2D eigenvalue weighted by atomic mass is 10.0. The van der Waals surface area contributed by atoms with Crippen LogP contribution in [0.25, 0.3) is 11.1 Å². The van der Waals surface area contributed by atoms with Gasteiger partial charge >= 0.3 is 0 Å². The Morgan fingerprint density at radius 1 is 1.19 bits per heavy atom. The Bertz CT molecular complexity index is 697. The third-order valence-corrected chi connectivity index (χ3v) is 5.62. The number of hydrogen-bond donors (Lipinski definition) is 1. The SMILES string of the molecule is CC(C)CN1CCN(C(=O)c2ccc(-c3ccsc3)cc2)C[C@H]1CCO. The van der Waals surface area contributed by atoms with Gasteiger partial charge in [-0.25, -0.2) is 0 Å². The van der Waals surface area contributed by atoms with E-state index in [9.17, 15) is 9.90 Å². The number of thiophene rings is 1. The van der Waals surface area contributed by atoms with E-state index in [0.717, 1.165) is 30.8 Å². The van der Waals surface area contributed by atoms with Crippen molar-refractivity contribution in [3.8, 4) is 11.1 Å². The number of carbonyl (C=O) groups excluding carboxylic acids is 1. The van der Waals surface area contributed by atoms with Crippen LogP contribution in [0.1, 0.15) is 30.6 Å². The molecule has 0 bridgehead atoms. The molecule has 1 fully saturated rings. The molecule has 2 heterocycles. The summed E-state index contributed by atoms with van der Waals surface area (Å²) in [6, 6.07) is 10.2. The summed E-state index contributed by atoms with van der Waals surface area (Å²) in [6.07, 6.45) is 0.716. The number of nitrogens with zero attached hydrogens (tertiary/aromatic N) is 2. The zero-order valence-corrected chi connectivity index (χ0v) is 16.4. The van der Waals surface area contributed by atoms with Crippen LogP contribution >= 0.6 is 11.3 Å². The molecule has 1 amide bonds. The summed E-state index contributed by atoms with van der Waals surface area (Å²) in [7, 11) is 0. The molecule has 1 aliphatic rings. The van der Waals surface area contributed by atoms with Crippen LogP contribution in [0.5, 0.6) is 0 Å². The highest BCUT2D eigenvalue weighted by atomic mass is 32.1. The summed E-state index contributed by atoms with van der Waals surface area (Å²) >= 11 is 1.68. The topological polar surface area (TPSA) is 43.8 Å². The molecule has 2 aromatic rings. The molecule has 4 nitrogen and oxygen atoms in total. The first kappa shape index (κ1) is 19.1. The average molecular weight is 373 g/mol. The Balaban J connectivity index is 1.67. The third-order valence-electron chi connectivity index (χ3n) is 4.94. The van der Waals surface area contributed by atoms with E-state index in [2.05, 4.69) is 35.6 Å². The summed E-state index contributed by atoms with van der Waals surface area (Å²) in [4.78, 5) is 17.3. The first-order chi connectivity index (χ1) is 12.6. The predicted molar refractivity (Wildman–Crippen MR) is 108 cm³/mol. The molecule has 1 saturated heterocycles. The molecule has 26 heavy (non-hydrogen) atoms. The van der Waals surface area contributed by atoms with Gasteiger partial charge in [0.2, 0.25) is 0 Å². The lowest BCUT2D eigenvalue weighted by Gasteiger charge is -2.42. The van der Waals surface area contributed by atoms with Crippen LogP contribution < -0.4 is 0 Å². The predicted octanol–water partition coefficient (Wildman–Crippen LogP) is 3.58. The van der Waals surface area contributed by atoms with Gasteiger partial charge in [0.15, 0.2) is 0 Å². The Labute approximate surface area is 160 Å². The fraction of sp³-hybridized carbons (Fsp3) is 0.476. The van der Waals surface area contributed by atoms with Gasteiger partial charge in [-0.05, 0) is 52.4 Å². The molecule has 1 aromatic heterocycles. The van der Waals surface area contributed by atoms with Gasteiger partial charge in [-0.2, -0.15) is 11.3 Å². The van der Waals surface area contributed by atoms with Crippen LogP contribution in [0.3, 0.4) is 0 Å². The van der Waals surface area contributed by atoms with Crippen molar-refractivity contribution >= 4 is 17.2 Å². The van der Waals surface area contributed by atoms with Crippen LogP contribution in [0.15, 0.2) is 41.1 Å². The second-order valence-electron chi connectivity index (χ2n) is 7.40. The first-order valence-corrected chi connectivity index (χ1v) is 10.3. The van der Waals surface area contributed by atoms with E-state index in [1.54, 1.807) is 11.3 Å². The van der Waals surface area contributed by atoms with Crippen molar-refractivity contribution < 1.29 is 9.90 Å². The smallest absolute Gasteiger partial charge is 0.253 e. The average Bonchev–Trinajstić information content (AvgIpc) is 3.17. The standard InChI is InChI=1S/C21H28N2O2S/c1-16(2)13-22-9-10-23(14-20(22)7-11-24)21(25)18-5-3-17(4-6-18)19-8-12-26-15-19/h3-6,8,12,15-16,20,24H,7,9-11,13-14H2,1-2H3/t20-/m1/s1. The number of benzene rings is 1. The van der Waals surface area contributed by atoms with Crippen molar-refractivity contribution in [2.75, 3.05) is 32.8 Å². The lowest BCUT2D eigenvalue weighted by molar-refractivity contribution is 0.0384. The number of aliphatic hydroxyl groups excluding tert-OH is 1. The minimum Gasteiger partial charge on any atom is -0.396 e. The third kappa shape index (κ3) is 4.53. The molecule has 0 spiro atoms. The van der Waals surface area contributed by atoms with E-state index in [4.69, 9.17) is 0 Å². The van der Waals surface area contributed by atoms with Crippen molar-refractivity contribution in [1.82, 2.24) is 9.80 Å². The molecule has 0 radical (unpaired) electrons. The minimum atomic E-state index is 0.0917. The maximum Gasteiger partial charge on any atom is 0.253 e. The molecule has 0 aliphatic carbocycles. The fourth-order valence-electron chi connectivity index (χ4n) is 3.63. The number of hydrogen-bond acceptors (Lipinski definition) is 4. The van der Waals surface area contributed by atoms with Crippen molar-refractivity contribution in [2.45, 2.75) is 26.3 Å². The van der Waals surface area contributed by atoms with Crippen molar-refractivity contribution in [3.63, 3.8) is 0 Å². The van der Waals surface area contributed by atoms with Crippen LogP contribution in [0, 0.1) is 5.92 Å². The highest BCUT2D eigenvalue weighted by Gasteiger charge is 2.29. The summed E-state index contributed by atoms with van der Waals surface area (Å²) in [5.74, 6) is 0.678. The van der Waals surface area contributed by atoms with Crippen molar-refractivity contribution in [2.24, 2.45) is 5.92 Å². The summed E-state index contributed by atoms with van der Waals surface area (Å²) in [5.41, 5.74) is 3.08. The largest absolute Gasteiger partial charge is 0.396 e. The maximum atomic E-state index is 12.9. The summed E-state index contributed by atoms with van der Waals surface area (Å²) < 4.78 is 0. The van der Waals surface area contributed by atoms with Crippen molar-refractivity contribution in [3.05, 3.63) is 46.7 Å². The minimum absolute atomic E-state index is 0.0917. The van der Waals surface area contributed by atoms with Gasteiger partial charge in [-0.15, -0.1) is 0 Å². The van der Waals surface area contributed by atoms with Gasteiger partial charge in [-0.3, -0.25) is 9.69 Å². The zero-order valence-electron chi connectivity index (χ0n) is 15.6. The van der Waals surface area contributed by atoms with E-state index in [0.29, 0.717) is 18.9 Å². The molecule has 1 aromatic carbocycles. The number of aliphatic hydroxyl groups is 1. The second kappa shape index (κ2) is 8.80. The van der Waals surface area contributed by atoms with Gasteiger partial charge in [0.05, 0.1) is 0 Å². The molecular formula is C21H28N2O2S. The van der Waals surface area contributed by atoms with E-state index < -0.39 is 0 Å². The van der Waals surface area contributed by atoms with Crippen molar-refractivity contribution in [1.29, 1.82) is 0 Å². The first-order valence-electron chi connectivity index (χ1n) is 9.35. The Hall–Kier alpha value is -1.69. The number of piperazine rings is 1. The molecule has 0 unspecified atom stereocenters. The molecule has 1 N–H and O–H groups in total. The number of carbonyl (C=O) groups is 1. The molecule has 140 valence electrons. The van der Waals surface area contributed by atoms with E-state index in [1.807, 2.05) is 29.2 Å². The summed E-state index contributed by atoms with van der Waals surface area (Å²) in [5, 5.41) is 13.6. The molecule has 5 heteroatoms. The van der Waals surface area contributed by atoms with E-state index in [-0.39, 0.29) is 18.6 Å². The number of rotatable bonds is 6. The van der Waals surface area contributed by atoms with Crippen LogP contribution in [0.4, 0.5) is 0 Å². The maximum absolute atomic E-state index is 12.9. The zero-order chi connectivity index (χ0) is 18.5. The van der Waals surface area contributed by atoms with Crippen LogP contribution in [-0.4, -0.2) is 59.6 Å². The normalized spacial score (nSPS) is 18.5. The number of amides is 1. The molecule has 0 saturated carbocycles. The van der Waals surface area contributed by atoms with Crippen LogP contribution in [-0.2, 0) is 0 Å². The molecular weight excluding hydrogens is 344 g/mol. The Kier molecular flexibility index (Phi) is 6.46. The molecule has 3 rings (SSSR count). The van der Waals surface area contributed by atoms with Gasteiger partial charge < -0.3 is 10.0 Å². The lowest BCUT2D eigenvalue weighted by Crippen LogP contribution is -2.55. The van der Waals surface area contributed by atoms with Crippen LogP contribution in [0.2, 0.25) is 0 Å². The molecule has 1 atom stereocenters. The van der Waals surface area contributed by atoms with Gasteiger partial charge in [0, 0.05) is 44.4 Å². The van der Waals surface area contributed by atoms with Gasteiger partial charge in [-0.1, -0.05) is 26.0 Å².